The summed E-state index contributed by atoms with van der Waals surface area (Å²) < 4.78 is 5.85. The highest BCUT2D eigenvalue weighted by atomic mass is 16.5. The summed E-state index contributed by atoms with van der Waals surface area (Å²) in [5.74, 6) is 0.827. The number of benzene rings is 3. The lowest BCUT2D eigenvalue weighted by molar-refractivity contribution is 0.303. The third-order valence-corrected chi connectivity index (χ3v) is 4.34. The van der Waals surface area contributed by atoms with Crippen LogP contribution in [0.1, 0.15) is 29.9 Å². The number of ether oxygens (including phenoxy) is 1. The van der Waals surface area contributed by atoms with E-state index in [0.29, 0.717) is 6.61 Å². The Kier molecular flexibility index (Phi) is 5.13. The summed E-state index contributed by atoms with van der Waals surface area (Å²) in [4.78, 5) is 0. The van der Waals surface area contributed by atoms with Crippen LogP contribution in [-0.4, -0.2) is 6.61 Å². The first kappa shape index (κ1) is 16.1. The van der Waals surface area contributed by atoms with Gasteiger partial charge in [0.05, 0.1) is 18.6 Å². The van der Waals surface area contributed by atoms with Crippen LogP contribution in [0, 0.1) is 18.3 Å². The summed E-state index contributed by atoms with van der Waals surface area (Å²) in [5.41, 5.74) is 2.26. The van der Waals surface area contributed by atoms with Gasteiger partial charge in [-0.1, -0.05) is 60.7 Å². The molecule has 3 aromatic rings. The minimum absolute atomic E-state index is 0.100. The number of nitriles is 1. The van der Waals surface area contributed by atoms with Crippen molar-refractivity contribution in [1.82, 2.24) is 0 Å². The van der Waals surface area contributed by atoms with Crippen molar-refractivity contribution in [2.75, 3.05) is 6.61 Å². The van der Waals surface area contributed by atoms with Crippen LogP contribution < -0.4 is 4.74 Å². The summed E-state index contributed by atoms with van der Waals surface area (Å²) in [7, 11) is 0. The molecule has 0 fully saturated rings. The van der Waals surface area contributed by atoms with Gasteiger partial charge in [0.2, 0.25) is 0 Å². The van der Waals surface area contributed by atoms with E-state index in [2.05, 4.69) is 30.3 Å². The van der Waals surface area contributed by atoms with Gasteiger partial charge in [0, 0.05) is 0 Å². The number of hydrogen-bond acceptors (Lipinski definition) is 2. The average Bonchev–Trinajstić information content (AvgIpc) is 2.63. The summed E-state index contributed by atoms with van der Waals surface area (Å²) >= 11 is 0. The predicted octanol–water partition coefficient (Wildman–Crippen LogP) is 5.61. The van der Waals surface area contributed by atoms with Crippen molar-refractivity contribution in [2.24, 2.45) is 0 Å². The van der Waals surface area contributed by atoms with E-state index in [9.17, 15) is 5.26 Å². The lowest BCUT2D eigenvalue weighted by Gasteiger charge is -2.13. The molecule has 0 aliphatic carbocycles. The minimum Gasteiger partial charge on any atom is -0.493 e. The Morgan fingerprint density at radius 2 is 1.71 bits per heavy atom. The fourth-order valence-corrected chi connectivity index (χ4v) is 3.03. The van der Waals surface area contributed by atoms with E-state index in [1.54, 1.807) is 0 Å². The molecular weight excluding hydrogens is 294 g/mol. The molecule has 3 aromatic carbocycles. The van der Waals surface area contributed by atoms with E-state index < -0.39 is 0 Å². The molecule has 0 heterocycles. The molecule has 0 aliphatic heterocycles. The molecule has 0 aliphatic rings. The Balaban J connectivity index is 1.65. The molecule has 0 saturated heterocycles. The van der Waals surface area contributed by atoms with E-state index in [1.807, 2.05) is 49.4 Å². The van der Waals surface area contributed by atoms with Gasteiger partial charge in [-0.15, -0.1) is 0 Å². The Morgan fingerprint density at radius 1 is 0.958 bits per heavy atom. The van der Waals surface area contributed by atoms with E-state index in [1.165, 1.54) is 10.8 Å². The fourth-order valence-electron chi connectivity index (χ4n) is 3.03. The Labute approximate surface area is 143 Å². The average molecular weight is 315 g/mol. The van der Waals surface area contributed by atoms with E-state index in [-0.39, 0.29) is 5.92 Å². The molecule has 2 heteroatoms. The minimum atomic E-state index is -0.100. The molecule has 0 N–H and O–H groups in total. The zero-order valence-corrected chi connectivity index (χ0v) is 13.9. The number of fused-ring (bicyclic) bond motifs is 1. The van der Waals surface area contributed by atoms with Gasteiger partial charge in [-0.3, -0.25) is 0 Å². The number of rotatable bonds is 6. The highest BCUT2D eigenvalue weighted by Gasteiger charge is 2.13. The fraction of sp³-hybridized carbons (Fsp3) is 0.227. The second-order valence-electron chi connectivity index (χ2n) is 6.01. The Bertz CT molecular complexity index is 858. The third kappa shape index (κ3) is 3.58. The Morgan fingerprint density at radius 3 is 2.54 bits per heavy atom. The van der Waals surface area contributed by atoms with Crippen molar-refractivity contribution in [2.45, 2.75) is 25.7 Å². The molecule has 0 amide bonds. The molecule has 0 aromatic heterocycles. The zero-order valence-electron chi connectivity index (χ0n) is 13.9. The normalized spacial score (nSPS) is 11.8. The van der Waals surface area contributed by atoms with Crippen molar-refractivity contribution in [1.29, 1.82) is 5.26 Å². The van der Waals surface area contributed by atoms with E-state index in [0.717, 1.165) is 29.7 Å². The molecule has 1 atom stereocenters. The largest absolute Gasteiger partial charge is 0.493 e. The highest BCUT2D eigenvalue weighted by Crippen LogP contribution is 2.28. The summed E-state index contributed by atoms with van der Waals surface area (Å²) in [6, 6.07) is 24.9. The topological polar surface area (TPSA) is 33.0 Å². The maximum Gasteiger partial charge on any atom is 0.122 e. The van der Waals surface area contributed by atoms with Crippen LogP contribution in [0.15, 0.2) is 66.7 Å². The third-order valence-electron chi connectivity index (χ3n) is 4.34. The molecule has 0 saturated carbocycles. The summed E-state index contributed by atoms with van der Waals surface area (Å²) in [5, 5.41) is 12.0. The number of para-hydroxylation sites is 1. The molecule has 120 valence electrons. The first-order valence-electron chi connectivity index (χ1n) is 8.35. The van der Waals surface area contributed by atoms with Gasteiger partial charge >= 0.3 is 0 Å². The van der Waals surface area contributed by atoms with E-state index >= 15 is 0 Å². The number of aryl methyl sites for hydroxylation is 1. The molecule has 24 heavy (non-hydrogen) atoms. The standard InChI is InChI=1S/C22H21NO/c1-17-8-2-5-14-22(17)24-15-7-11-19(16-23)21-13-6-10-18-9-3-4-12-20(18)21/h2-6,8-10,12-14,19H,7,11,15H2,1H3. The lowest BCUT2D eigenvalue weighted by atomic mass is 9.91. The van der Waals surface area contributed by atoms with Crippen molar-refractivity contribution in [3.05, 3.63) is 77.9 Å². The summed E-state index contributed by atoms with van der Waals surface area (Å²) in [6.07, 6.45) is 1.66. The molecule has 0 radical (unpaired) electrons. The molecule has 2 nitrogen and oxygen atoms in total. The highest BCUT2D eigenvalue weighted by molar-refractivity contribution is 5.86. The van der Waals surface area contributed by atoms with Crippen molar-refractivity contribution < 1.29 is 4.74 Å². The number of nitrogens with zero attached hydrogens (tertiary/aromatic N) is 1. The maximum atomic E-state index is 9.61. The van der Waals surface area contributed by atoms with Crippen molar-refractivity contribution in [3.63, 3.8) is 0 Å². The van der Waals surface area contributed by atoms with Gasteiger partial charge in [0.1, 0.15) is 5.75 Å². The first-order valence-corrected chi connectivity index (χ1v) is 8.35. The van der Waals surface area contributed by atoms with Crippen LogP contribution in [0.5, 0.6) is 5.75 Å². The van der Waals surface area contributed by atoms with Gasteiger partial charge in [0.15, 0.2) is 0 Å². The SMILES string of the molecule is Cc1ccccc1OCCCC(C#N)c1cccc2ccccc12. The monoisotopic (exact) mass is 315 g/mol. The zero-order chi connectivity index (χ0) is 16.8. The quantitative estimate of drug-likeness (QED) is 0.553. The summed E-state index contributed by atoms with van der Waals surface area (Å²) in [6.45, 7) is 2.68. The van der Waals surface area contributed by atoms with Gasteiger partial charge in [-0.05, 0) is 47.7 Å². The second kappa shape index (κ2) is 7.66. The first-order chi connectivity index (χ1) is 11.8. The van der Waals surface area contributed by atoms with Crippen LogP contribution in [-0.2, 0) is 0 Å². The van der Waals surface area contributed by atoms with Gasteiger partial charge < -0.3 is 4.74 Å². The van der Waals surface area contributed by atoms with Crippen LogP contribution >= 0.6 is 0 Å². The second-order valence-corrected chi connectivity index (χ2v) is 6.01. The van der Waals surface area contributed by atoms with Crippen LogP contribution in [0.4, 0.5) is 0 Å². The molecule has 1 unspecified atom stereocenters. The number of hydrogen-bond donors (Lipinski definition) is 0. The van der Waals surface area contributed by atoms with E-state index in [4.69, 9.17) is 4.74 Å². The van der Waals surface area contributed by atoms with Crippen LogP contribution in [0.2, 0.25) is 0 Å². The Hall–Kier alpha value is -2.79. The molecular formula is C22H21NO. The predicted molar refractivity (Wildman–Crippen MR) is 98.2 cm³/mol. The lowest BCUT2D eigenvalue weighted by Crippen LogP contribution is -2.03. The smallest absolute Gasteiger partial charge is 0.122 e. The molecule has 3 rings (SSSR count). The van der Waals surface area contributed by atoms with Crippen molar-refractivity contribution in [3.8, 4) is 11.8 Å². The van der Waals surface area contributed by atoms with Gasteiger partial charge in [-0.25, -0.2) is 0 Å². The van der Waals surface area contributed by atoms with Crippen molar-refractivity contribution >= 4 is 10.8 Å². The van der Waals surface area contributed by atoms with Gasteiger partial charge in [0.25, 0.3) is 0 Å². The molecule has 0 bridgehead atoms. The maximum absolute atomic E-state index is 9.61. The molecule has 0 spiro atoms. The van der Waals surface area contributed by atoms with Gasteiger partial charge in [-0.2, -0.15) is 5.26 Å². The van der Waals surface area contributed by atoms with Crippen LogP contribution in [0.25, 0.3) is 10.8 Å². The van der Waals surface area contributed by atoms with Crippen LogP contribution in [0.3, 0.4) is 0 Å².